The zero-order chi connectivity index (χ0) is 22.9. The van der Waals surface area contributed by atoms with Crippen LogP contribution in [0.15, 0.2) is 72.3 Å². The van der Waals surface area contributed by atoms with Crippen molar-refractivity contribution in [1.29, 1.82) is 0 Å². The van der Waals surface area contributed by atoms with Crippen molar-refractivity contribution in [1.82, 2.24) is 24.8 Å². The normalized spacial score (nSPS) is 12.8. The van der Waals surface area contributed by atoms with Gasteiger partial charge in [0, 0.05) is 23.0 Å². The molecule has 0 radical (unpaired) electrons. The fourth-order valence-corrected chi connectivity index (χ4v) is 4.26. The van der Waals surface area contributed by atoms with Crippen LogP contribution in [0, 0.1) is 0 Å². The summed E-state index contributed by atoms with van der Waals surface area (Å²) in [5.41, 5.74) is 1.34. The van der Waals surface area contributed by atoms with Crippen molar-refractivity contribution in [3.05, 3.63) is 88.8 Å². The van der Waals surface area contributed by atoms with Gasteiger partial charge in [-0.05, 0) is 36.4 Å². The first-order valence-electron chi connectivity index (χ1n) is 9.66. The van der Waals surface area contributed by atoms with Crippen LogP contribution in [-0.4, -0.2) is 48.2 Å². The largest absolute Gasteiger partial charge is 0.293 e. The van der Waals surface area contributed by atoms with E-state index in [-0.39, 0.29) is 33.6 Å². The second kappa shape index (κ2) is 8.57. The highest BCUT2D eigenvalue weighted by molar-refractivity contribution is 7.99. The fraction of sp³-hybridized carbons (Fsp3) is 0.0455. The average Bonchev–Trinajstić information content (AvgIpc) is 3.37. The van der Waals surface area contributed by atoms with Crippen molar-refractivity contribution < 1.29 is 14.4 Å². The zero-order valence-corrected chi connectivity index (χ0v) is 18.3. The van der Waals surface area contributed by atoms with Gasteiger partial charge in [0.25, 0.3) is 11.8 Å². The molecule has 0 saturated carbocycles. The van der Waals surface area contributed by atoms with E-state index in [1.165, 1.54) is 23.3 Å². The number of carbonyl (C=O) groups excluding carboxylic acids is 3. The maximum atomic E-state index is 13.1. The maximum absolute atomic E-state index is 13.1. The number of ketones is 1. The molecule has 0 unspecified atom stereocenters. The molecule has 1 aliphatic rings. The van der Waals surface area contributed by atoms with Crippen LogP contribution in [0.5, 0.6) is 0 Å². The lowest BCUT2D eigenvalue weighted by Crippen LogP contribution is -2.41. The van der Waals surface area contributed by atoms with E-state index in [1.807, 2.05) is 0 Å². The minimum atomic E-state index is -0.522. The molecule has 0 spiro atoms. The summed E-state index contributed by atoms with van der Waals surface area (Å²) in [6, 6.07) is 13.1. The Kier molecular flexibility index (Phi) is 5.45. The first kappa shape index (κ1) is 21.0. The second-order valence-corrected chi connectivity index (χ2v) is 8.27. The predicted molar refractivity (Wildman–Crippen MR) is 121 cm³/mol. The van der Waals surface area contributed by atoms with Crippen LogP contribution in [0.25, 0.3) is 11.5 Å². The van der Waals surface area contributed by atoms with E-state index in [0.717, 1.165) is 16.8 Å². The molecule has 0 N–H and O–H groups in total. The van der Waals surface area contributed by atoms with Crippen LogP contribution in [0.3, 0.4) is 0 Å². The van der Waals surface area contributed by atoms with Crippen LogP contribution in [0.4, 0.5) is 0 Å². The SMILES string of the molecule is O=C(CSc1nnc(-c2cnccn2)n1N1C(=O)c2ccccc2C1=O)c1ccc(Cl)cc1. The number of rotatable bonds is 6. The molecule has 33 heavy (non-hydrogen) atoms. The number of carbonyl (C=O) groups is 3. The van der Waals surface area contributed by atoms with Gasteiger partial charge in [0.1, 0.15) is 5.69 Å². The minimum Gasteiger partial charge on any atom is -0.293 e. The molecule has 9 nitrogen and oxygen atoms in total. The molecule has 0 fully saturated rings. The van der Waals surface area contributed by atoms with Gasteiger partial charge in [-0.15, -0.1) is 10.2 Å². The Balaban J connectivity index is 1.53. The van der Waals surface area contributed by atoms with E-state index in [1.54, 1.807) is 48.5 Å². The van der Waals surface area contributed by atoms with Gasteiger partial charge in [0.2, 0.25) is 11.0 Å². The van der Waals surface area contributed by atoms with Gasteiger partial charge in [0.05, 0.1) is 23.1 Å². The molecule has 3 heterocycles. The Morgan fingerprint density at radius 2 is 1.64 bits per heavy atom. The first-order chi connectivity index (χ1) is 16.0. The maximum Gasteiger partial charge on any atom is 0.281 e. The Bertz CT molecular complexity index is 1360. The third kappa shape index (κ3) is 3.79. The highest BCUT2D eigenvalue weighted by atomic mass is 35.5. The number of Topliss-reactive ketones (excluding diaryl/α,β-unsaturated/α-hetero) is 1. The molecule has 2 aromatic carbocycles. The van der Waals surface area contributed by atoms with Gasteiger partial charge >= 0.3 is 0 Å². The van der Waals surface area contributed by atoms with Crippen molar-refractivity contribution in [2.45, 2.75) is 5.16 Å². The number of hydrogen-bond acceptors (Lipinski definition) is 8. The van der Waals surface area contributed by atoms with Crippen molar-refractivity contribution in [3.8, 4) is 11.5 Å². The summed E-state index contributed by atoms with van der Waals surface area (Å²) in [4.78, 5) is 47.2. The van der Waals surface area contributed by atoms with E-state index in [2.05, 4.69) is 20.2 Å². The van der Waals surface area contributed by atoms with Gasteiger partial charge in [-0.1, -0.05) is 35.5 Å². The third-order valence-corrected chi connectivity index (χ3v) is 6.05. The Hall–Kier alpha value is -3.89. The van der Waals surface area contributed by atoms with Crippen molar-refractivity contribution >= 4 is 41.0 Å². The molecule has 0 aliphatic carbocycles. The molecule has 162 valence electrons. The number of imide groups is 1. The summed E-state index contributed by atoms with van der Waals surface area (Å²) in [7, 11) is 0. The van der Waals surface area contributed by atoms with E-state index >= 15 is 0 Å². The van der Waals surface area contributed by atoms with Crippen molar-refractivity contribution in [3.63, 3.8) is 0 Å². The van der Waals surface area contributed by atoms with Gasteiger partial charge in [-0.2, -0.15) is 9.69 Å². The summed E-state index contributed by atoms with van der Waals surface area (Å²) in [6.45, 7) is 0. The van der Waals surface area contributed by atoms with Crippen LogP contribution < -0.4 is 5.01 Å². The number of thioether (sulfide) groups is 1. The monoisotopic (exact) mass is 476 g/mol. The van der Waals surface area contributed by atoms with E-state index < -0.39 is 11.8 Å². The standard InChI is InChI=1S/C22H13ClN6O3S/c23-14-7-5-13(6-8-14)18(30)12-33-22-27-26-19(17-11-24-9-10-25-17)28(22)29-20(31)15-3-1-2-4-16(15)21(29)32/h1-11H,12H2. The van der Waals surface area contributed by atoms with Gasteiger partial charge in [-0.25, -0.2) is 4.98 Å². The van der Waals surface area contributed by atoms with Crippen LogP contribution in [-0.2, 0) is 0 Å². The molecule has 4 aromatic rings. The topological polar surface area (TPSA) is 111 Å². The highest BCUT2D eigenvalue weighted by Gasteiger charge is 2.40. The van der Waals surface area contributed by atoms with Gasteiger partial charge in [-0.3, -0.25) is 19.4 Å². The summed E-state index contributed by atoms with van der Waals surface area (Å²) in [5, 5.41) is 9.95. The van der Waals surface area contributed by atoms with Crippen molar-refractivity contribution in [2.75, 3.05) is 10.8 Å². The van der Waals surface area contributed by atoms with Gasteiger partial charge < -0.3 is 0 Å². The van der Waals surface area contributed by atoms with Crippen molar-refractivity contribution in [2.24, 2.45) is 0 Å². The number of fused-ring (bicyclic) bond motifs is 1. The Morgan fingerprint density at radius 3 is 2.27 bits per heavy atom. The number of benzene rings is 2. The molecule has 1 aliphatic heterocycles. The number of amides is 2. The Labute approximate surface area is 196 Å². The molecule has 0 atom stereocenters. The highest BCUT2D eigenvalue weighted by Crippen LogP contribution is 2.29. The fourth-order valence-electron chi connectivity index (χ4n) is 3.32. The zero-order valence-electron chi connectivity index (χ0n) is 16.8. The second-order valence-electron chi connectivity index (χ2n) is 6.90. The molecule has 0 saturated heterocycles. The summed E-state index contributed by atoms with van der Waals surface area (Å²) in [6.07, 6.45) is 4.41. The summed E-state index contributed by atoms with van der Waals surface area (Å²) in [5.74, 6) is -1.06. The van der Waals surface area contributed by atoms with Crippen LogP contribution in [0.2, 0.25) is 5.02 Å². The smallest absolute Gasteiger partial charge is 0.281 e. The first-order valence-corrected chi connectivity index (χ1v) is 11.0. The average molecular weight is 477 g/mol. The number of nitrogens with zero attached hydrogens (tertiary/aromatic N) is 6. The third-order valence-electron chi connectivity index (χ3n) is 4.88. The molecule has 2 amide bonds. The predicted octanol–water partition coefficient (Wildman–Crippen LogP) is 3.30. The quantitative estimate of drug-likeness (QED) is 0.237. The number of hydrogen-bond donors (Lipinski definition) is 0. The number of aromatic nitrogens is 5. The lowest BCUT2D eigenvalue weighted by atomic mass is 10.1. The van der Waals surface area contributed by atoms with E-state index in [0.29, 0.717) is 16.3 Å². The van der Waals surface area contributed by atoms with E-state index in [4.69, 9.17) is 11.6 Å². The summed E-state index contributed by atoms with van der Waals surface area (Å²) >= 11 is 6.94. The number of halogens is 1. The van der Waals surface area contributed by atoms with Crippen LogP contribution >= 0.6 is 23.4 Å². The molecule has 11 heteroatoms. The lowest BCUT2D eigenvalue weighted by Gasteiger charge is -2.18. The minimum absolute atomic E-state index is 0.00338. The molecule has 0 bridgehead atoms. The van der Waals surface area contributed by atoms with E-state index in [9.17, 15) is 14.4 Å². The molecule has 5 rings (SSSR count). The summed E-state index contributed by atoms with van der Waals surface area (Å²) < 4.78 is 1.29. The van der Waals surface area contributed by atoms with Crippen LogP contribution in [0.1, 0.15) is 31.1 Å². The Morgan fingerprint density at radius 1 is 0.939 bits per heavy atom. The molecular formula is C22H13ClN6O3S. The molecular weight excluding hydrogens is 464 g/mol. The lowest BCUT2D eigenvalue weighted by molar-refractivity contribution is 0.0881. The van der Waals surface area contributed by atoms with Gasteiger partial charge in [0.15, 0.2) is 5.78 Å². The molecule has 2 aromatic heterocycles.